The normalized spacial score (nSPS) is 24.1. The minimum atomic E-state index is -0.378. The van der Waals surface area contributed by atoms with Crippen molar-refractivity contribution in [2.75, 3.05) is 5.73 Å². The first-order chi connectivity index (χ1) is 18.6. The maximum Gasteiger partial charge on any atom is 0.146 e. The second-order valence-corrected chi connectivity index (χ2v) is 13.0. The molecular formula is C34H51NO4. The van der Waals surface area contributed by atoms with Crippen LogP contribution in [0.2, 0.25) is 0 Å². The van der Waals surface area contributed by atoms with E-state index in [1.165, 1.54) is 50.5 Å². The number of anilines is 1. The lowest BCUT2D eigenvalue weighted by molar-refractivity contribution is 0.0764. The highest BCUT2D eigenvalue weighted by Gasteiger charge is 2.30. The molecule has 39 heavy (non-hydrogen) atoms. The van der Waals surface area contributed by atoms with Gasteiger partial charge in [-0.15, -0.1) is 0 Å². The largest absolute Gasteiger partial charge is 0.508 e. The van der Waals surface area contributed by atoms with Crippen LogP contribution in [0.4, 0.5) is 5.69 Å². The van der Waals surface area contributed by atoms with Crippen LogP contribution in [0.3, 0.4) is 0 Å². The Kier molecular flexibility index (Phi) is 10.1. The highest BCUT2D eigenvalue weighted by Crippen LogP contribution is 2.42. The molecule has 5 heteroatoms. The lowest BCUT2D eigenvalue weighted by Crippen LogP contribution is -2.29. The number of ether oxygens (including phenoxy) is 2. The monoisotopic (exact) mass is 537 g/mol. The van der Waals surface area contributed by atoms with Gasteiger partial charge in [0.05, 0.1) is 17.9 Å². The van der Waals surface area contributed by atoms with Crippen LogP contribution in [0.5, 0.6) is 17.2 Å². The van der Waals surface area contributed by atoms with Gasteiger partial charge in [0.15, 0.2) is 0 Å². The number of aliphatic hydroxyl groups excluding tert-OH is 1. The molecule has 0 heterocycles. The van der Waals surface area contributed by atoms with Gasteiger partial charge in [0.25, 0.3) is 0 Å². The Bertz CT molecular complexity index is 1030. The Labute approximate surface area is 236 Å². The summed E-state index contributed by atoms with van der Waals surface area (Å²) in [5.41, 5.74) is 9.47. The zero-order chi connectivity index (χ0) is 28.0. The lowest BCUT2D eigenvalue weighted by Gasteiger charge is -2.37. The summed E-state index contributed by atoms with van der Waals surface area (Å²) in [5, 5.41) is 19.4. The standard InChI is InChI=1S/C34H51NO4/c1-23(2)38-33-28(10-7-24-5-8-25(9-6-24)26-13-15-29(36)16-14-26)12-11-27(32(33)35)21-22-34(3,4)39-31-19-17-30(37)18-20-31/h11-12,17-20,23-26,29,36-37H,5-10,13-16,21-22,35H2,1-4H3. The summed E-state index contributed by atoms with van der Waals surface area (Å²) in [6.45, 7) is 8.30. The predicted octanol–water partition coefficient (Wildman–Crippen LogP) is 7.84. The van der Waals surface area contributed by atoms with Crippen LogP contribution in [-0.4, -0.2) is 28.0 Å². The topological polar surface area (TPSA) is 84.9 Å². The van der Waals surface area contributed by atoms with Gasteiger partial charge in [-0.1, -0.05) is 25.0 Å². The van der Waals surface area contributed by atoms with Crippen LogP contribution in [0.1, 0.15) is 103 Å². The van der Waals surface area contributed by atoms with Crippen LogP contribution in [0.25, 0.3) is 0 Å². The third kappa shape index (κ3) is 8.54. The zero-order valence-corrected chi connectivity index (χ0v) is 24.6. The molecule has 0 spiro atoms. The molecule has 4 N–H and O–H groups in total. The smallest absolute Gasteiger partial charge is 0.146 e. The molecule has 2 aliphatic carbocycles. The molecule has 2 saturated carbocycles. The van der Waals surface area contributed by atoms with Crippen molar-refractivity contribution < 1.29 is 19.7 Å². The van der Waals surface area contributed by atoms with E-state index in [0.29, 0.717) is 0 Å². The SMILES string of the molecule is CC(C)Oc1c(CCC2CCC(C3CCC(O)CC3)CC2)ccc(CCC(C)(C)Oc2ccc(O)cc2)c1N. The average Bonchev–Trinajstić information content (AvgIpc) is 2.90. The number of benzene rings is 2. The summed E-state index contributed by atoms with van der Waals surface area (Å²) in [7, 11) is 0. The molecule has 0 unspecified atom stereocenters. The Balaban J connectivity index is 1.33. The molecule has 2 aromatic rings. The molecule has 2 aromatic carbocycles. The molecule has 216 valence electrons. The van der Waals surface area contributed by atoms with E-state index in [0.717, 1.165) is 72.6 Å². The molecule has 4 rings (SSSR count). The number of aromatic hydroxyl groups is 1. The van der Waals surface area contributed by atoms with Gasteiger partial charge in [0.2, 0.25) is 0 Å². The van der Waals surface area contributed by atoms with Crippen molar-refractivity contribution in [2.24, 2.45) is 17.8 Å². The molecule has 0 radical (unpaired) electrons. The molecular weight excluding hydrogens is 486 g/mol. The first-order valence-electron chi connectivity index (χ1n) is 15.3. The fourth-order valence-electron chi connectivity index (χ4n) is 6.68. The van der Waals surface area contributed by atoms with Gasteiger partial charge in [0.1, 0.15) is 22.8 Å². The van der Waals surface area contributed by atoms with Crippen molar-refractivity contribution in [2.45, 2.75) is 123 Å². The quantitative estimate of drug-likeness (QED) is 0.254. The number of hydrogen-bond donors (Lipinski definition) is 3. The summed E-state index contributed by atoms with van der Waals surface area (Å²) >= 11 is 0. The number of rotatable bonds is 11. The van der Waals surface area contributed by atoms with E-state index in [9.17, 15) is 10.2 Å². The van der Waals surface area contributed by atoms with Crippen LogP contribution >= 0.6 is 0 Å². The number of nitrogen functional groups attached to an aromatic ring is 1. The van der Waals surface area contributed by atoms with Gasteiger partial charge in [-0.05, 0) is 145 Å². The van der Waals surface area contributed by atoms with Gasteiger partial charge in [-0.2, -0.15) is 0 Å². The van der Waals surface area contributed by atoms with Crippen LogP contribution < -0.4 is 15.2 Å². The van der Waals surface area contributed by atoms with Crippen molar-refractivity contribution in [1.29, 1.82) is 0 Å². The van der Waals surface area contributed by atoms with Crippen molar-refractivity contribution >= 4 is 5.69 Å². The molecule has 0 saturated heterocycles. The van der Waals surface area contributed by atoms with Crippen LogP contribution in [-0.2, 0) is 12.8 Å². The molecule has 0 amide bonds. The molecule has 2 aliphatic rings. The third-order valence-corrected chi connectivity index (χ3v) is 9.07. The predicted molar refractivity (Wildman–Crippen MR) is 159 cm³/mol. The Morgan fingerprint density at radius 1 is 0.846 bits per heavy atom. The summed E-state index contributed by atoms with van der Waals surface area (Å²) < 4.78 is 12.5. The molecule has 2 fully saturated rings. The van der Waals surface area contributed by atoms with Crippen molar-refractivity contribution in [3.05, 3.63) is 47.5 Å². The van der Waals surface area contributed by atoms with E-state index in [1.807, 2.05) is 0 Å². The highest BCUT2D eigenvalue weighted by molar-refractivity contribution is 5.62. The van der Waals surface area contributed by atoms with Crippen molar-refractivity contribution in [1.82, 2.24) is 0 Å². The Morgan fingerprint density at radius 3 is 2.05 bits per heavy atom. The van der Waals surface area contributed by atoms with Gasteiger partial charge < -0.3 is 25.4 Å². The number of phenols is 1. The third-order valence-electron chi connectivity index (χ3n) is 9.07. The van der Waals surface area contributed by atoms with E-state index in [4.69, 9.17) is 15.2 Å². The highest BCUT2D eigenvalue weighted by atomic mass is 16.5. The molecule has 0 aliphatic heterocycles. The number of aliphatic hydroxyl groups is 1. The summed E-state index contributed by atoms with van der Waals surface area (Å²) in [5.74, 6) is 4.33. The van der Waals surface area contributed by atoms with Crippen molar-refractivity contribution in [3.63, 3.8) is 0 Å². The summed E-state index contributed by atoms with van der Waals surface area (Å²) in [6.07, 6.45) is 13.6. The van der Waals surface area contributed by atoms with Gasteiger partial charge in [-0.25, -0.2) is 0 Å². The second-order valence-electron chi connectivity index (χ2n) is 13.0. The minimum absolute atomic E-state index is 0.0519. The first-order valence-corrected chi connectivity index (χ1v) is 15.3. The number of hydrogen-bond acceptors (Lipinski definition) is 5. The van der Waals surface area contributed by atoms with Gasteiger partial charge in [0, 0.05) is 0 Å². The number of nitrogens with two attached hydrogens (primary N) is 1. The zero-order valence-electron chi connectivity index (χ0n) is 24.6. The van der Waals surface area contributed by atoms with Crippen molar-refractivity contribution in [3.8, 4) is 17.2 Å². The lowest BCUT2D eigenvalue weighted by atomic mass is 9.70. The van der Waals surface area contributed by atoms with Gasteiger partial charge in [-0.3, -0.25) is 0 Å². The maximum atomic E-state index is 9.85. The minimum Gasteiger partial charge on any atom is -0.508 e. The van der Waals surface area contributed by atoms with E-state index in [2.05, 4.69) is 39.8 Å². The van der Waals surface area contributed by atoms with E-state index in [1.54, 1.807) is 24.3 Å². The number of aryl methyl sites for hydroxylation is 2. The van der Waals surface area contributed by atoms with Crippen LogP contribution in [0.15, 0.2) is 36.4 Å². The average molecular weight is 538 g/mol. The van der Waals surface area contributed by atoms with E-state index in [-0.39, 0.29) is 23.6 Å². The summed E-state index contributed by atoms with van der Waals surface area (Å²) in [6, 6.07) is 11.3. The number of phenolic OH excluding ortho intramolecular Hbond substituents is 1. The fourth-order valence-corrected chi connectivity index (χ4v) is 6.68. The van der Waals surface area contributed by atoms with Gasteiger partial charge >= 0.3 is 0 Å². The first kappa shape index (κ1) is 29.6. The molecule has 5 nitrogen and oxygen atoms in total. The molecule has 0 atom stereocenters. The fraction of sp³-hybridized carbons (Fsp3) is 0.647. The van der Waals surface area contributed by atoms with E-state index >= 15 is 0 Å². The molecule has 0 bridgehead atoms. The molecule has 0 aromatic heterocycles. The van der Waals surface area contributed by atoms with Crippen LogP contribution in [0, 0.1) is 17.8 Å². The van der Waals surface area contributed by atoms with E-state index < -0.39 is 0 Å². The Hall–Kier alpha value is -2.40. The second kappa shape index (κ2) is 13.3. The summed E-state index contributed by atoms with van der Waals surface area (Å²) in [4.78, 5) is 0. The Morgan fingerprint density at radius 2 is 1.44 bits per heavy atom. The maximum absolute atomic E-state index is 9.85.